The predicted octanol–water partition coefficient (Wildman–Crippen LogP) is 3.51. The zero-order valence-corrected chi connectivity index (χ0v) is 18.7. The first kappa shape index (κ1) is 20.9. The number of hydrogen-bond donors (Lipinski definition) is 0. The highest BCUT2D eigenvalue weighted by Crippen LogP contribution is 2.38. The van der Waals surface area contributed by atoms with Crippen molar-refractivity contribution < 1.29 is 18.8 Å². The van der Waals surface area contributed by atoms with Gasteiger partial charge in [-0.2, -0.15) is 0 Å². The van der Waals surface area contributed by atoms with Gasteiger partial charge in [-0.1, -0.05) is 91.0 Å². The lowest BCUT2D eigenvalue weighted by Crippen LogP contribution is -2.69. The second-order valence-electron chi connectivity index (χ2n) is 7.66. The van der Waals surface area contributed by atoms with Crippen LogP contribution in [-0.4, -0.2) is 20.0 Å². The summed E-state index contributed by atoms with van der Waals surface area (Å²) in [5.74, 6) is 0.869. The molecule has 0 atom stereocenters. The topological polar surface area (TPSA) is 70.8 Å². The van der Waals surface area contributed by atoms with Crippen LogP contribution in [0.25, 0.3) is 0 Å². The summed E-state index contributed by atoms with van der Waals surface area (Å²) in [5, 5.41) is 15.0. The molecule has 1 aliphatic heterocycles. The fraction of sp³-hybridized carbons (Fsp3) is 0.0769. The molecule has 164 valence electrons. The van der Waals surface area contributed by atoms with Crippen molar-refractivity contribution in [2.75, 3.05) is 6.79 Å². The van der Waals surface area contributed by atoms with Crippen LogP contribution >= 0.6 is 0 Å². The minimum Gasteiger partial charge on any atom is -0.454 e. The van der Waals surface area contributed by atoms with Gasteiger partial charge in [0.2, 0.25) is 6.79 Å². The monoisotopic (exact) mass is 455 g/mol. The molecule has 1 aliphatic rings. The largest absolute Gasteiger partial charge is 0.454 e. The molecule has 1 heterocycles. The van der Waals surface area contributed by atoms with Crippen molar-refractivity contribution in [2.24, 2.45) is 0 Å². The summed E-state index contributed by atoms with van der Waals surface area (Å²) in [6, 6.07) is 33.4. The Bertz CT molecular complexity index is 1170. The highest BCUT2D eigenvalue weighted by Gasteiger charge is 2.42. The molecular formula is C26H21NO5Si. The number of nitro groups is 1. The second kappa shape index (κ2) is 8.89. The molecule has 0 fully saturated rings. The second-order valence-corrected chi connectivity index (χ2v) is 11.0. The molecule has 4 aromatic rings. The van der Waals surface area contributed by atoms with Crippen LogP contribution in [0.1, 0.15) is 5.56 Å². The minimum atomic E-state index is -2.98. The summed E-state index contributed by atoms with van der Waals surface area (Å²) in [4.78, 5) is 11.4. The molecule has 0 bridgehead atoms. The zero-order chi connectivity index (χ0) is 22.7. The van der Waals surface area contributed by atoms with Crippen LogP contribution in [0.5, 0.6) is 11.5 Å². The lowest BCUT2D eigenvalue weighted by Gasteiger charge is -2.33. The maximum atomic E-state index is 11.8. The van der Waals surface area contributed by atoms with E-state index < -0.39 is 13.2 Å². The zero-order valence-electron chi connectivity index (χ0n) is 17.7. The quantitative estimate of drug-likeness (QED) is 0.185. The molecule has 0 amide bonds. The van der Waals surface area contributed by atoms with Crippen molar-refractivity contribution in [2.45, 2.75) is 6.61 Å². The molecule has 0 aliphatic carbocycles. The van der Waals surface area contributed by atoms with Gasteiger partial charge in [0.15, 0.2) is 11.5 Å². The first-order valence-corrected chi connectivity index (χ1v) is 12.5. The number of nitrogens with zero attached hydrogens (tertiary/aromatic N) is 1. The van der Waals surface area contributed by atoms with Gasteiger partial charge >= 0.3 is 0 Å². The summed E-state index contributed by atoms with van der Waals surface area (Å²) in [6.07, 6.45) is 0. The van der Waals surface area contributed by atoms with Gasteiger partial charge < -0.3 is 13.9 Å². The van der Waals surface area contributed by atoms with Crippen LogP contribution < -0.4 is 25.0 Å². The Labute approximate surface area is 192 Å². The fourth-order valence-corrected chi connectivity index (χ4v) is 8.07. The van der Waals surface area contributed by atoms with Gasteiger partial charge in [0, 0.05) is 0 Å². The highest BCUT2D eigenvalue weighted by molar-refractivity contribution is 7.07. The minimum absolute atomic E-state index is 0.0451. The van der Waals surface area contributed by atoms with Crippen molar-refractivity contribution in [3.63, 3.8) is 0 Å². The van der Waals surface area contributed by atoms with E-state index >= 15 is 0 Å². The third-order valence-electron chi connectivity index (χ3n) is 5.76. The Morgan fingerprint density at radius 1 is 0.758 bits per heavy atom. The third kappa shape index (κ3) is 3.88. The van der Waals surface area contributed by atoms with Gasteiger partial charge in [-0.3, -0.25) is 10.1 Å². The van der Waals surface area contributed by atoms with Crippen molar-refractivity contribution >= 4 is 29.6 Å². The molecular weight excluding hydrogens is 434 g/mol. The van der Waals surface area contributed by atoms with Crippen LogP contribution in [-0.2, 0) is 11.0 Å². The SMILES string of the molecule is O=[N+]([O-])c1cc2c(cc1CO[Si](c1ccccc1)(c1ccccc1)c1ccccc1)OCO2. The molecule has 0 saturated carbocycles. The summed E-state index contributed by atoms with van der Waals surface area (Å²) in [6.45, 7) is 0.103. The van der Waals surface area contributed by atoms with Crippen LogP contribution in [0, 0.1) is 10.1 Å². The molecule has 0 saturated heterocycles. The van der Waals surface area contributed by atoms with Crippen LogP contribution in [0.3, 0.4) is 0 Å². The molecule has 0 unspecified atom stereocenters. The molecule has 7 heteroatoms. The number of hydrogen-bond acceptors (Lipinski definition) is 5. The average Bonchev–Trinajstić information content (AvgIpc) is 3.33. The van der Waals surface area contributed by atoms with E-state index in [2.05, 4.69) is 36.4 Å². The Hall–Kier alpha value is -3.94. The number of fused-ring (bicyclic) bond motifs is 1. The predicted molar refractivity (Wildman–Crippen MR) is 128 cm³/mol. The van der Waals surface area contributed by atoms with E-state index in [1.807, 2.05) is 54.6 Å². The highest BCUT2D eigenvalue weighted by atomic mass is 28.4. The van der Waals surface area contributed by atoms with Gasteiger partial charge in [-0.15, -0.1) is 0 Å². The summed E-state index contributed by atoms with van der Waals surface area (Å²) < 4.78 is 17.7. The maximum absolute atomic E-state index is 11.8. The standard InChI is InChI=1S/C26H21NO5Si/c28-27(29)24-17-26-25(30-19-31-26)16-20(24)18-32-33(21-10-4-1-5-11-21,22-12-6-2-7-13-22)23-14-8-3-9-15-23/h1-17H,18-19H2. The molecule has 0 aromatic heterocycles. The van der Waals surface area contributed by atoms with Crippen molar-refractivity contribution in [1.82, 2.24) is 0 Å². The molecule has 6 nitrogen and oxygen atoms in total. The van der Waals surface area contributed by atoms with Gasteiger partial charge in [0.1, 0.15) is 0 Å². The first-order valence-electron chi connectivity index (χ1n) is 10.6. The van der Waals surface area contributed by atoms with E-state index in [1.54, 1.807) is 6.07 Å². The normalized spacial score (nSPS) is 12.5. The van der Waals surface area contributed by atoms with Gasteiger partial charge in [-0.25, -0.2) is 0 Å². The smallest absolute Gasteiger partial charge is 0.288 e. The van der Waals surface area contributed by atoms with Crippen LogP contribution in [0.4, 0.5) is 5.69 Å². The Kier molecular flexibility index (Phi) is 5.64. The molecule has 4 aromatic carbocycles. The van der Waals surface area contributed by atoms with Crippen molar-refractivity contribution in [1.29, 1.82) is 0 Å². The lowest BCUT2D eigenvalue weighted by atomic mass is 10.1. The number of ether oxygens (including phenoxy) is 2. The van der Waals surface area contributed by atoms with Gasteiger partial charge in [0.25, 0.3) is 14.0 Å². The van der Waals surface area contributed by atoms with Crippen LogP contribution in [0.15, 0.2) is 103 Å². The number of benzene rings is 4. The Morgan fingerprint density at radius 2 is 1.21 bits per heavy atom. The van der Waals surface area contributed by atoms with Crippen molar-refractivity contribution in [3.8, 4) is 11.5 Å². The molecule has 0 N–H and O–H groups in total. The average molecular weight is 456 g/mol. The molecule has 0 spiro atoms. The maximum Gasteiger partial charge on any atom is 0.288 e. The summed E-state index contributed by atoms with van der Waals surface area (Å²) in [7, 11) is -2.98. The third-order valence-corrected chi connectivity index (χ3v) is 9.77. The Balaban J connectivity index is 1.66. The van der Waals surface area contributed by atoms with E-state index in [0.717, 1.165) is 15.6 Å². The molecule has 5 rings (SSSR count). The van der Waals surface area contributed by atoms with E-state index in [9.17, 15) is 10.1 Å². The van der Waals surface area contributed by atoms with Crippen molar-refractivity contribution in [3.05, 3.63) is 119 Å². The van der Waals surface area contributed by atoms with E-state index in [-0.39, 0.29) is 19.1 Å². The summed E-state index contributed by atoms with van der Waals surface area (Å²) in [5.41, 5.74) is 0.403. The molecule has 33 heavy (non-hydrogen) atoms. The van der Waals surface area contributed by atoms with Gasteiger partial charge in [-0.05, 0) is 21.6 Å². The lowest BCUT2D eigenvalue weighted by molar-refractivity contribution is -0.385. The van der Waals surface area contributed by atoms with E-state index in [0.29, 0.717) is 17.1 Å². The number of nitro benzene ring substituents is 1. The van der Waals surface area contributed by atoms with E-state index in [4.69, 9.17) is 13.9 Å². The number of rotatable bonds is 7. The summed E-state index contributed by atoms with van der Waals surface area (Å²) >= 11 is 0. The fourth-order valence-electron chi connectivity index (χ4n) is 4.21. The Morgan fingerprint density at radius 3 is 1.67 bits per heavy atom. The first-order chi connectivity index (χ1) is 16.2. The van der Waals surface area contributed by atoms with Gasteiger partial charge in [0.05, 0.1) is 23.2 Å². The van der Waals surface area contributed by atoms with Crippen LogP contribution in [0.2, 0.25) is 0 Å². The van der Waals surface area contributed by atoms with E-state index in [1.165, 1.54) is 6.07 Å². The molecule has 0 radical (unpaired) electrons.